The fourth-order valence-electron chi connectivity index (χ4n) is 3.52. The first-order valence-corrected chi connectivity index (χ1v) is 8.84. The van der Waals surface area contributed by atoms with Gasteiger partial charge in [-0.05, 0) is 37.8 Å². The normalized spacial score (nSPS) is 11.2. The van der Waals surface area contributed by atoms with E-state index in [-0.39, 0.29) is 23.8 Å². The van der Waals surface area contributed by atoms with Crippen molar-refractivity contribution in [2.75, 3.05) is 0 Å². The number of aryl methyl sites for hydroxylation is 3. The number of hydrogen-bond donors (Lipinski definition) is 2. The second-order valence-electron chi connectivity index (χ2n) is 6.85. The zero-order chi connectivity index (χ0) is 19.1. The van der Waals surface area contributed by atoms with E-state index in [1.165, 1.54) is 0 Å². The van der Waals surface area contributed by atoms with Gasteiger partial charge in [0.1, 0.15) is 5.58 Å². The number of nitrogens with one attached hydrogen (secondary N) is 2. The summed E-state index contributed by atoms with van der Waals surface area (Å²) >= 11 is 0. The smallest absolute Gasteiger partial charge is 0.287 e. The SMILES string of the molecule is Cc1cc(C)c(CNC(=O)c2oc3c(ccc4ccccc43)c2C)c(=O)[nH]1. The van der Waals surface area contributed by atoms with Crippen molar-refractivity contribution in [1.29, 1.82) is 0 Å². The lowest BCUT2D eigenvalue weighted by atomic mass is 10.1. The van der Waals surface area contributed by atoms with E-state index in [9.17, 15) is 9.59 Å². The average molecular weight is 360 g/mol. The number of aromatic amines is 1. The molecule has 0 saturated heterocycles. The Hall–Kier alpha value is -3.34. The number of carbonyl (C=O) groups is 1. The Morgan fingerprint density at radius 1 is 1.07 bits per heavy atom. The molecule has 136 valence electrons. The van der Waals surface area contributed by atoms with Crippen LogP contribution in [0.4, 0.5) is 0 Å². The zero-order valence-electron chi connectivity index (χ0n) is 15.5. The van der Waals surface area contributed by atoms with Crippen LogP contribution in [0.25, 0.3) is 21.7 Å². The predicted octanol–water partition coefficient (Wildman–Crippen LogP) is 4.13. The molecule has 5 nitrogen and oxygen atoms in total. The third kappa shape index (κ3) is 2.91. The minimum atomic E-state index is -0.327. The van der Waals surface area contributed by atoms with Crippen LogP contribution in [-0.4, -0.2) is 10.9 Å². The van der Waals surface area contributed by atoms with E-state index in [2.05, 4.69) is 10.3 Å². The molecular weight excluding hydrogens is 340 g/mol. The molecule has 2 N–H and O–H groups in total. The highest BCUT2D eigenvalue weighted by Crippen LogP contribution is 2.31. The van der Waals surface area contributed by atoms with Crippen LogP contribution in [0.3, 0.4) is 0 Å². The van der Waals surface area contributed by atoms with Gasteiger partial charge in [0.15, 0.2) is 5.76 Å². The maximum atomic E-state index is 12.7. The predicted molar refractivity (Wildman–Crippen MR) is 106 cm³/mol. The molecule has 0 radical (unpaired) electrons. The summed E-state index contributed by atoms with van der Waals surface area (Å²) in [5.74, 6) is -0.0466. The number of amides is 1. The summed E-state index contributed by atoms with van der Waals surface area (Å²) in [5, 5.41) is 5.77. The number of aromatic nitrogens is 1. The van der Waals surface area contributed by atoms with Crippen LogP contribution in [-0.2, 0) is 6.54 Å². The Morgan fingerprint density at radius 3 is 2.63 bits per heavy atom. The lowest BCUT2D eigenvalue weighted by Gasteiger charge is -2.07. The number of furan rings is 1. The molecule has 0 saturated carbocycles. The van der Waals surface area contributed by atoms with Gasteiger partial charge in [-0.1, -0.05) is 36.4 Å². The number of H-pyrrole nitrogens is 1. The van der Waals surface area contributed by atoms with E-state index in [0.29, 0.717) is 11.1 Å². The molecule has 0 spiro atoms. The third-order valence-electron chi connectivity index (χ3n) is 4.95. The van der Waals surface area contributed by atoms with Crippen LogP contribution in [0.1, 0.15) is 32.9 Å². The molecule has 4 aromatic rings. The van der Waals surface area contributed by atoms with Gasteiger partial charge in [0.25, 0.3) is 11.5 Å². The molecule has 2 heterocycles. The highest BCUT2D eigenvalue weighted by Gasteiger charge is 2.19. The number of carbonyl (C=O) groups excluding carboxylic acids is 1. The highest BCUT2D eigenvalue weighted by molar-refractivity contribution is 6.08. The van der Waals surface area contributed by atoms with Crippen molar-refractivity contribution in [2.24, 2.45) is 0 Å². The van der Waals surface area contributed by atoms with E-state index in [4.69, 9.17) is 4.42 Å². The second-order valence-corrected chi connectivity index (χ2v) is 6.85. The summed E-state index contributed by atoms with van der Waals surface area (Å²) in [5.41, 5.74) is 3.52. The van der Waals surface area contributed by atoms with Gasteiger partial charge in [0.05, 0.1) is 0 Å². The minimum Gasteiger partial charge on any atom is -0.450 e. The molecule has 0 fully saturated rings. The number of benzene rings is 2. The van der Waals surface area contributed by atoms with Gasteiger partial charge < -0.3 is 14.7 Å². The Labute approximate surface area is 156 Å². The maximum absolute atomic E-state index is 12.7. The van der Waals surface area contributed by atoms with Gasteiger partial charge >= 0.3 is 0 Å². The number of hydrogen-bond acceptors (Lipinski definition) is 3. The molecule has 5 heteroatoms. The Balaban J connectivity index is 1.68. The molecule has 0 aliphatic heterocycles. The summed E-state index contributed by atoms with van der Waals surface area (Å²) in [6.07, 6.45) is 0. The van der Waals surface area contributed by atoms with Crippen LogP contribution < -0.4 is 10.9 Å². The Kier molecular flexibility index (Phi) is 4.07. The molecule has 2 aromatic carbocycles. The monoisotopic (exact) mass is 360 g/mol. The molecule has 0 aliphatic carbocycles. The summed E-state index contributed by atoms with van der Waals surface area (Å²) in [6.45, 7) is 5.72. The van der Waals surface area contributed by atoms with Crippen molar-refractivity contribution >= 4 is 27.6 Å². The van der Waals surface area contributed by atoms with Crippen LogP contribution in [0, 0.1) is 20.8 Å². The van der Waals surface area contributed by atoms with Crippen LogP contribution in [0.2, 0.25) is 0 Å². The number of pyridine rings is 1. The van der Waals surface area contributed by atoms with Gasteiger partial charge in [-0.15, -0.1) is 0 Å². The van der Waals surface area contributed by atoms with Gasteiger partial charge in [-0.3, -0.25) is 9.59 Å². The highest BCUT2D eigenvalue weighted by atomic mass is 16.3. The summed E-state index contributed by atoms with van der Waals surface area (Å²) < 4.78 is 5.94. The van der Waals surface area contributed by atoms with E-state index in [1.54, 1.807) is 0 Å². The molecule has 2 aromatic heterocycles. The zero-order valence-corrected chi connectivity index (χ0v) is 15.5. The van der Waals surface area contributed by atoms with Crippen molar-refractivity contribution in [3.63, 3.8) is 0 Å². The lowest BCUT2D eigenvalue weighted by molar-refractivity contribution is 0.0924. The lowest BCUT2D eigenvalue weighted by Crippen LogP contribution is -2.28. The Bertz CT molecular complexity index is 1250. The first-order valence-electron chi connectivity index (χ1n) is 8.84. The van der Waals surface area contributed by atoms with Crippen LogP contribution >= 0.6 is 0 Å². The van der Waals surface area contributed by atoms with Crippen LogP contribution in [0.15, 0.2) is 51.7 Å². The largest absolute Gasteiger partial charge is 0.450 e. The van der Waals surface area contributed by atoms with Crippen molar-refractivity contribution in [3.05, 3.63) is 81.0 Å². The molecular formula is C22H20N2O3. The molecule has 4 rings (SSSR count). The van der Waals surface area contributed by atoms with Gasteiger partial charge in [0.2, 0.25) is 0 Å². The van der Waals surface area contributed by atoms with Crippen molar-refractivity contribution < 1.29 is 9.21 Å². The van der Waals surface area contributed by atoms with Gasteiger partial charge in [-0.2, -0.15) is 0 Å². The van der Waals surface area contributed by atoms with E-state index >= 15 is 0 Å². The molecule has 0 atom stereocenters. The summed E-state index contributed by atoms with van der Waals surface area (Å²) in [7, 11) is 0. The van der Waals surface area contributed by atoms with Crippen molar-refractivity contribution in [2.45, 2.75) is 27.3 Å². The molecule has 1 amide bonds. The first kappa shape index (κ1) is 17.1. The van der Waals surface area contributed by atoms with E-state index in [1.807, 2.05) is 63.2 Å². The third-order valence-corrected chi connectivity index (χ3v) is 4.95. The van der Waals surface area contributed by atoms with E-state index in [0.717, 1.165) is 33.0 Å². The quantitative estimate of drug-likeness (QED) is 0.577. The van der Waals surface area contributed by atoms with Crippen molar-refractivity contribution in [1.82, 2.24) is 10.3 Å². The first-order chi connectivity index (χ1) is 13.0. The summed E-state index contributed by atoms with van der Waals surface area (Å²) in [4.78, 5) is 27.6. The Morgan fingerprint density at radius 2 is 1.85 bits per heavy atom. The fraction of sp³-hybridized carbons (Fsp3) is 0.182. The molecule has 0 bridgehead atoms. The van der Waals surface area contributed by atoms with Crippen LogP contribution in [0.5, 0.6) is 0 Å². The van der Waals surface area contributed by atoms with Crippen molar-refractivity contribution in [3.8, 4) is 0 Å². The van der Waals surface area contributed by atoms with E-state index < -0.39 is 0 Å². The standard InChI is InChI=1S/C22H20N2O3/c1-12-10-13(2)24-21(25)18(12)11-23-22(26)19-14(3)16-9-8-15-6-4-5-7-17(15)20(16)27-19/h4-10H,11H2,1-3H3,(H,23,26)(H,24,25). The second kappa shape index (κ2) is 6.43. The average Bonchev–Trinajstić information content (AvgIpc) is 2.98. The minimum absolute atomic E-state index is 0.150. The fourth-order valence-corrected chi connectivity index (χ4v) is 3.52. The maximum Gasteiger partial charge on any atom is 0.287 e. The van der Waals surface area contributed by atoms with Gasteiger partial charge in [-0.25, -0.2) is 0 Å². The molecule has 0 aliphatic rings. The topological polar surface area (TPSA) is 75.1 Å². The number of fused-ring (bicyclic) bond motifs is 3. The summed E-state index contributed by atoms with van der Waals surface area (Å²) in [6, 6.07) is 13.8. The van der Waals surface area contributed by atoms with Gasteiger partial charge in [0, 0.05) is 34.1 Å². The number of rotatable bonds is 3. The molecule has 27 heavy (non-hydrogen) atoms. The molecule has 0 unspecified atom stereocenters.